The molecule has 0 aliphatic carbocycles. The first-order chi connectivity index (χ1) is 6.83. The Morgan fingerprint density at radius 2 is 2.07 bits per heavy atom. The van der Waals surface area contributed by atoms with Crippen molar-refractivity contribution in [2.45, 2.75) is 6.92 Å². The van der Waals surface area contributed by atoms with E-state index in [0.717, 1.165) is 5.56 Å². The Hall–Kier alpha value is -1.17. The first-order valence-electron chi connectivity index (χ1n) is 4.47. The number of hydrogen-bond acceptors (Lipinski definition) is 2. The summed E-state index contributed by atoms with van der Waals surface area (Å²) in [4.78, 5) is 2.76. The minimum Gasteiger partial charge on any atom is -0.610 e. The van der Waals surface area contributed by atoms with Gasteiger partial charge in [0.2, 0.25) is 0 Å². The van der Waals surface area contributed by atoms with Gasteiger partial charge in [0.1, 0.15) is 5.95 Å². The topological polar surface area (TPSA) is 46.3 Å². The molecule has 3 nitrogen and oxygen atoms in total. The predicted molar refractivity (Wildman–Crippen MR) is 52.3 cm³/mol. The van der Waals surface area contributed by atoms with Gasteiger partial charge in [-0.25, -0.2) is 4.99 Å². The van der Waals surface area contributed by atoms with E-state index < -0.39 is 0 Å². The van der Waals surface area contributed by atoms with Crippen molar-refractivity contribution in [2.75, 3.05) is 6.61 Å². The number of benzene rings is 1. The maximum atomic E-state index is 10.9. The van der Waals surface area contributed by atoms with E-state index in [1.807, 2.05) is 30.3 Å². The van der Waals surface area contributed by atoms with E-state index in [9.17, 15) is 5.11 Å². The summed E-state index contributed by atoms with van der Waals surface area (Å²) >= 11 is 0. The van der Waals surface area contributed by atoms with Crippen LogP contribution in [0.15, 0.2) is 42.5 Å². The van der Waals surface area contributed by atoms with Crippen LogP contribution in [0.4, 0.5) is 0 Å². The zero-order valence-electron chi connectivity index (χ0n) is 9.07. The van der Waals surface area contributed by atoms with Crippen molar-refractivity contribution in [2.24, 2.45) is 0 Å². The quantitative estimate of drug-likeness (QED) is 0.308. The summed E-state index contributed by atoms with van der Waals surface area (Å²) in [5.74, 6) is -0.361. The Bertz CT molecular complexity index is 323. The van der Waals surface area contributed by atoms with Crippen LogP contribution in [-0.4, -0.2) is 12.8 Å². The summed E-state index contributed by atoms with van der Waals surface area (Å²) in [7, 11) is 0. The smallest absolute Gasteiger partial charge is 0.610 e. The molecule has 0 atom stereocenters. The maximum absolute atomic E-state index is 10.9. The first-order valence-corrected chi connectivity index (χ1v) is 4.47. The standard InChI is InChI=1S/C11H13NO2.Li/c1-2-14-11(13)9-12-8-10-6-4-3-5-7-10;/h3-9,13H,2H2,1H3;/q;+1/b11-9+,12-8?;. The number of nitrogens with one attached hydrogen (secondary N) is 1. The van der Waals surface area contributed by atoms with Crippen LogP contribution in [-0.2, 0) is 4.74 Å². The van der Waals surface area contributed by atoms with Crippen molar-refractivity contribution in [3.05, 3.63) is 48.0 Å². The van der Waals surface area contributed by atoms with Crippen LogP contribution < -0.4 is 29.0 Å². The monoisotopic (exact) mass is 198 g/mol. The third-order valence-corrected chi connectivity index (χ3v) is 1.54. The molecule has 15 heavy (non-hydrogen) atoms. The normalized spacial score (nSPS) is 11.1. The predicted octanol–water partition coefficient (Wildman–Crippen LogP) is -3.61. The second-order valence-electron chi connectivity index (χ2n) is 2.62. The van der Waals surface area contributed by atoms with Gasteiger partial charge >= 0.3 is 18.9 Å². The average Bonchev–Trinajstić information content (AvgIpc) is 2.20. The van der Waals surface area contributed by atoms with E-state index in [2.05, 4.69) is 4.99 Å². The molecule has 0 aliphatic rings. The Balaban J connectivity index is 0.00000196. The van der Waals surface area contributed by atoms with Crippen molar-refractivity contribution >= 4 is 6.21 Å². The molecule has 0 heterocycles. The van der Waals surface area contributed by atoms with Crippen molar-refractivity contribution in [1.82, 2.24) is 0 Å². The van der Waals surface area contributed by atoms with Crippen LogP contribution in [0, 0.1) is 0 Å². The zero-order chi connectivity index (χ0) is 10.2. The van der Waals surface area contributed by atoms with Crippen LogP contribution in [0.5, 0.6) is 0 Å². The van der Waals surface area contributed by atoms with Gasteiger partial charge in [-0.1, -0.05) is 25.1 Å². The molecular weight excluding hydrogens is 185 g/mol. The van der Waals surface area contributed by atoms with Gasteiger partial charge in [-0.3, -0.25) is 0 Å². The van der Waals surface area contributed by atoms with E-state index >= 15 is 0 Å². The van der Waals surface area contributed by atoms with Gasteiger partial charge in [-0.15, -0.1) is 0 Å². The van der Waals surface area contributed by atoms with Crippen LogP contribution in [0.2, 0.25) is 0 Å². The Morgan fingerprint density at radius 3 is 2.67 bits per heavy atom. The van der Waals surface area contributed by atoms with Crippen LogP contribution in [0.1, 0.15) is 12.5 Å². The van der Waals surface area contributed by atoms with Crippen molar-refractivity contribution in [3.8, 4) is 0 Å². The summed E-state index contributed by atoms with van der Waals surface area (Å²) in [5, 5.41) is 10.9. The summed E-state index contributed by atoms with van der Waals surface area (Å²) < 4.78 is 4.70. The van der Waals surface area contributed by atoms with Crippen LogP contribution in [0.3, 0.4) is 0 Å². The van der Waals surface area contributed by atoms with Gasteiger partial charge < -0.3 is 9.84 Å². The first kappa shape index (κ1) is 13.8. The Labute approximate surface area is 102 Å². The van der Waals surface area contributed by atoms with Crippen molar-refractivity contribution < 1.29 is 33.7 Å². The molecule has 0 aromatic heterocycles. The molecule has 0 fully saturated rings. The molecule has 74 valence electrons. The number of ether oxygens (including phenoxy) is 1. The third-order valence-electron chi connectivity index (χ3n) is 1.54. The minimum absolute atomic E-state index is 0. The fourth-order valence-electron chi connectivity index (χ4n) is 0.939. The van der Waals surface area contributed by atoms with E-state index in [-0.39, 0.29) is 24.8 Å². The molecule has 0 amide bonds. The molecule has 1 aromatic carbocycles. The average molecular weight is 198 g/mol. The zero-order valence-corrected chi connectivity index (χ0v) is 9.07. The Morgan fingerprint density at radius 1 is 1.40 bits per heavy atom. The van der Waals surface area contributed by atoms with Crippen molar-refractivity contribution in [3.63, 3.8) is 0 Å². The van der Waals surface area contributed by atoms with Gasteiger partial charge in [0.05, 0.1) is 0 Å². The van der Waals surface area contributed by atoms with Gasteiger partial charge in [0, 0.05) is 5.56 Å². The van der Waals surface area contributed by atoms with Crippen LogP contribution >= 0.6 is 0 Å². The van der Waals surface area contributed by atoms with E-state index in [1.165, 1.54) is 6.20 Å². The molecule has 4 heteroatoms. The third kappa shape index (κ3) is 6.00. The summed E-state index contributed by atoms with van der Waals surface area (Å²) in [6, 6.07) is 9.67. The summed E-state index contributed by atoms with van der Waals surface area (Å²) in [5.41, 5.74) is 1.01. The molecule has 0 bridgehead atoms. The molecule has 0 aliphatic heterocycles. The molecule has 0 saturated heterocycles. The minimum atomic E-state index is -0.361. The summed E-state index contributed by atoms with van der Waals surface area (Å²) in [6.07, 6.45) is 3.02. The number of rotatable bonds is 4. The second kappa shape index (κ2) is 8.16. The van der Waals surface area contributed by atoms with Crippen molar-refractivity contribution in [1.29, 1.82) is 0 Å². The van der Waals surface area contributed by atoms with E-state index in [4.69, 9.17) is 4.74 Å². The number of hydrogen-bond donors (Lipinski definition) is 1. The maximum Gasteiger partial charge on any atom is 1.00 e. The van der Waals surface area contributed by atoms with E-state index in [0.29, 0.717) is 6.61 Å². The SMILES string of the molecule is CCO/C([O-])=C/[NH+]=Cc1ccccc1.[Li+]. The molecule has 0 unspecified atom stereocenters. The molecule has 1 aromatic rings. The molecule has 0 saturated carbocycles. The largest absolute Gasteiger partial charge is 1.00 e. The van der Waals surface area contributed by atoms with Crippen LogP contribution in [0.25, 0.3) is 0 Å². The molecule has 0 spiro atoms. The van der Waals surface area contributed by atoms with Gasteiger partial charge in [-0.05, 0) is 18.7 Å². The second-order valence-corrected chi connectivity index (χ2v) is 2.62. The van der Waals surface area contributed by atoms with E-state index in [1.54, 1.807) is 13.1 Å². The molecular formula is C11H13LiNO2+. The van der Waals surface area contributed by atoms with Gasteiger partial charge in [-0.2, -0.15) is 0 Å². The van der Waals surface area contributed by atoms with Gasteiger partial charge in [0.15, 0.2) is 12.4 Å². The fourth-order valence-corrected chi connectivity index (χ4v) is 0.939. The molecule has 1 N–H and O–H groups in total. The summed E-state index contributed by atoms with van der Waals surface area (Å²) in [6.45, 7) is 2.16. The molecule has 0 radical (unpaired) electrons. The molecule has 1 rings (SSSR count). The van der Waals surface area contributed by atoms with Gasteiger partial charge in [0.25, 0.3) is 0 Å². The Kier molecular flexibility index (Phi) is 7.52. The fraction of sp³-hybridized carbons (Fsp3) is 0.182.